The Morgan fingerprint density at radius 3 is 2.48 bits per heavy atom. The van der Waals surface area contributed by atoms with E-state index in [0.29, 0.717) is 44.3 Å². The van der Waals surface area contributed by atoms with E-state index < -0.39 is 9.84 Å². The van der Waals surface area contributed by atoms with E-state index in [0.717, 1.165) is 0 Å². The second kappa shape index (κ2) is 7.72. The zero-order chi connectivity index (χ0) is 17.9. The highest BCUT2D eigenvalue weighted by Crippen LogP contribution is 2.28. The molecule has 2 aliphatic rings. The Morgan fingerprint density at radius 2 is 1.84 bits per heavy atom. The second-order valence-electron chi connectivity index (χ2n) is 7.17. The molecule has 2 heterocycles. The third-order valence-corrected chi connectivity index (χ3v) is 6.39. The van der Waals surface area contributed by atoms with Crippen LogP contribution in [0.1, 0.15) is 38.5 Å². The molecule has 1 amide bonds. The quantitative estimate of drug-likeness (QED) is 0.817. The summed E-state index contributed by atoms with van der Waals surface area (Å²) in [4.78, 5) is 21.0. The molecule has 0 spiro atoms. The molecule has 6 nitrogen and oxygen atoms in total. The van der Waals surface area contributed by atoms with Crippen LogP contribution in [0.25, 0.3) is 0 Å². The maximum atomic E-state index is 12.5. The van der Waals surface area contributed by atoms with Gasteiger partial charge in [0.05, 0.1) is 0 Å². The average molecular weight is 365 g/mol. The molecular weight excluding hydrogens is 338 g/mol. The molecule has 7 heteroatoms. The van der Waals surface area contributed by atoms with Crippen molar-refractivity contribution in [2.24, 2.45) is 5.92 Å². The molecule has 1 saturated carbocycles. The molecule has 1 aliphatic carbocycles. The summed E-state index contributed by atoms with van der Waals surface area (Å²) in [5.74, 6) is 1.30. The van der Waals surface area contributed by atoms with Crippen molar-refractivity contribution in [2.45, 2.75) is 43.4 Å². The SMILES string of the molecule is CS(=O)(=O)c1cccnc1N1CCN(C(=O)CC2CCCCC2)CC1. The summed E-state index contributed by atoms with van der Waals surface area (Å²) in [6.45, 7) is 2.50. The number of carbonyl (C=O) groups excluding carboxylic acids is 1. The first-order valence-corrected chi connectivity index (χ1v) is 11.0. The highest BCUT2D eigenvalue weighted by molar-refractivity contribution is 7.90. The van der Waals surface area contributed by atoms with Crippen LogP contribution in [0.2, 0.25) is 0 Å². The number of amides is 1. The minimum Gasteiger partial charge on any atom is -0.352 e. The Kier molecular flexibility index (Phi) is 5.61. The fourth-order valence-corrected chi connectivity index (χ4v) is 4.68. The Hall–Kier alpha value is -1.63. The molecule has 1 saturated heterocycles. The Bertz CT molecular complexity index is 706. The average Bonchev–Trinajstić information content (AvgIpc) is 2.62. The number of anilines is 1. The van der Waals surface area contributed by atoms with Crippen molar-refractivity contribution in [3.63, 3.8) is 0 Å². The molecule has 1 aromatic heterocycles. The summed E-state index contributed by atoms with van der Waals surface area (Å²) in [7, 11) is -3.32. The molecule has 0 radical (unpaired) electrons. The Morgan fingerprint density at radius 1 is 1.16 bits per heavy atom. The van der Waals surface area contributed by atoms with Crippen molar-refractivity contribution in [1.29, 1.82) is 0 Å². The van der Waals surface area contributed by atoms with E-state index in [2.05, 4.69) is 4.98 Å². The molecule has 0 unspecified atom stereocenters. The van der Waals surface area contributed by atoms with Gasteiger partial charge in [-0.25, -0.2) is 13.4 Å². The molecule has 25 heavy (non-hydrogen) atoms. The lowest BCUT2D eigenvalue weighted by Crippen LogP contribution is -2.49. The second-order valence-corrected chi connectivity index (χ2v) is 9.16. The van der Waals surface area contributed by atoms with E-state index >= 15 is 0 Å². The predicted octanol–water partition coefficient (Wildman–Crippen LogP) is 2.10. The summed E-state index contributed by atoms with van der Waals surface area (Å²) in [5, 5.41) is 0. The highest BCUT2D eigenvalue weighted by Gasteiger charge is 2.27. The maximum Gasteiger partial charge on any atom is 0.222 e. The van der Waals surface area contributed by atoms with Crippen molar-refractivity contribution in [3.8, 4) is 0 Å². The third kappa shape index (κ3) is 4.51. The standard InChI is InChI=1S/C18H27N3O3S/c1-25(23,24)16-8-5-9-19-18(16)21-12-10-20(11-13-21)17(22)14-15-6-3-2-4-7-15/h5,8-9,15H,2-4,6-7,10-14H2,1H3. The van der Waals surface area contributed by atoms with Crippen molar-refractivity contribution in [1.82, 2.24) is 9.88 Å². The third-order valence-electron chi connectivity index (χ3n) is 5.27. The van der Waals surface area contributed by atoms with Gasteiger partial charge >= 0.3 is 0 Å². The molecule has 1 aromatic rings. The Labute approximate surface area is 150 Å². The van der Waals surface area contributed by atoms with Gasteiger partial charge < -0.3 is 9.80 Å². The molecule has 3 rings (SSSR count). The van der Waals surface area contributed by atoms with Crippen LogP contribution in [-0.4, -0.2) is 56.6 Å². The first-order chi connectivity index (χ1) is 11.9. The number of hydrogen-bond acceptors (Lipinski definition) is 5. The van der Waals surface area contributed by atoms with Crippen molar-refractivity contribution in [2.75, 3.05) is 37.3 Å². The van der Waals surface area contributed by atoms with Gasteiger partial charge in [-0.15, -0.1) is 0 Å². The lowest BCUT2D eigenvalue weighted by molar-refractivity contribution is -0.132. The summed E-state index contributed by atoms with van der Waals surface area (Å²) in [5.41, 5.74) is 0. The number of aromatic nitrogens is 1. The summed E-state index contributed by atoms with van der Waals surface area (Å²) in [6, 6.07) is 3.24. The molecule has 2 fully saturated rings. The lowest BCUT2D eigenvalue weighted by Gasteiger charge is -2.36. The van der Waals surface area contributed by atoms with Crippen LogP contribution in [-0.2, 0) is 14.6 Å². The van der Waals surface area contributed by atoms with Gasteiger partial charge in [0, 0.05) is 45.1 Å². The van der Waals surface area contributed by atoms with E-state index in [-0.39, 0.29) is 10.8 Å². The molecule has 1 aliphatic heterocycles. The van der Waals surface area contributed by atoms with Crippen LogP contribution in [0.5, 0.6) is 0 Å². The van der Waals surface area contributed by atoms with Crippen molar-refractivity contribution >= 4 is 21.6 Å². The largest absolute Gasteiger partial charge is 0.352 e. The molecule has 0 atom stereocenters. The van der Waals surface area contributed by atoms with Crippen LogP contribution < -0.4 is 4.90 Å². The summed E-state index contributed by atoms with van der Waals surface area (Å²) in [6.07, 6.45) is 9.64. The zero-order valence-corrected chi connectivity index (χ0v) is 15.7. The number of piperazine rings is 1. The number of hydrogen-bond donors (Lipinski definition) is 0. The van der Waals surface area contributed by atoms with Gasteiger partial charge in [0.1, 0.15) is 10.7 Å². The molecule has 0 aromatic carbocycles. The fraction of sp³-hybridized carbons (Fsp3) is 0.667. The van der Waals surface area contributed by atoms with Gasteiger partial charge in [0.25, 0.3) is 0 Å². The van der Waals surface area contributed by atoms with E-state index in [9.17, 15) is 13.2 Å². The maximum absolute atomic E-state index is 12.5. The minimum atomic E-state index is -3.32. The zero-order valence-electron chi connectivity index (χ0n) is 14.9. The summed E-state index contributed by atoms with van der Waals surface area (Å²) < 4.78 is 23.9. The topological polar surface area (TPSA) is 70.6 Å². The van der Waals surface area contributed by atoms with Gasteiger partial charge in [-0.1, -0.05) is 19.3 Å². The smallest absolute Gasteiger partial charge is 0.222 e. The number of rotatable bonds is 4. The summed E-state index contributed by atoms with van der Waals surface area (Å²) >= 11 is 0. The highest BCUT2D eigenvalue weighted by atomic mass is 32.2. The molecule has 0 bridgehead atoms. The van der Waals surface area contributed by atoms with Gasteiger partial charge in [0.2, 0.25) is 5.91 Å². The van der Waals surface area contributed by atoms with Crippen LogP contribution >= 0.6 is 0 Å². The van der Waals surface area contributed by atoms with E-state index in [4.69, 9.17) is 0 Å². The van der Waals surface area contributed by atoms with Crippen molar-refractivity contribution < 1.29 is 13.2 Å². The van der Waals surface area contributed by atoms with Gasteiger partial charge in [-0.05, 0) is 30.9 Å². The van der Waals surface area contributed by atoms with Crippen LogP contribution in [0.4, 0.5) is 5.82 Å². The van der Waals surface area contributed by atoms with Gasteiger partial charge in [0.15, 0.2) is 9.84 Å². The number of sulfone groups is 1. The van der Waals surface area contributed by atoms with E-state index in [1.54, 1.807) is 18.3 Å². The molecule has 0 N–H and O–H groups in total. The van der Waals surface area contributed by atoms with E-state index in [1.165, 1.54) is 38.4 Å². The number of nitrogens with zero attached hydrogens (tertiary/aromatic N) is 3. The fourth-order valence-electron chi connectivity index (χ4n) is 3.84. The minimum absolute atomic E-state index is 0.246. The Balaban J connectivity index is 1.60. The predicted molar refractivity (Wildman–Crippen MR) is 97.3 cm³/mol. The number of pyridine rings is 1. The van der Waals surface area contributed by atoms with Crippen LogP contribution in [0.3, 0.4) is 0 Å². The molecular formula is C18H27N3O3S. The lowest BCUT2D eigenvalue weighted by atomic mass is 9.86. The normalized spacial score (nSPS) is 19.9. The van der Waals surface area contributed by atoms with Crippen LogP contribution in [0.15, 0.2) is 23.2 Å². The first kappa shape index (κ1) is 18.2. The number of carbonyl (C=O) groups is 1. The van der Waals surface area contributed by atoms with Gasteiger partial charge in [-0.2, -0.15) is 0 Å². The van der Waals surface area contributed by atoms with E-state index in [1.807, 2.05) is 9.80 Å². The van der Waals surface area contributed by atoms with Crippen LogP contribution in [0, 0.1) is 5.92 Å². The van der Waals surface area contributed by atoms with Crippen molar-refractivity contribution in [3.05, 3.63) is 18.3 Å². The monoisotopic (exact) mass is 365 g/mol. The molecule has 138 valence electrons. The van der Waals surface area contributed by atoms with Gasteiger partial charge in [-0.3, -0.25) is 4.79 Å². The first-order valence-electron chi connectivity index (χ1n) is 9.13.